The Hall–Kier alpha value is -0.900. The maximum atomic E-state index is 5.55. The van der Waals surface area contributed by atoms with Crippen molar-refractivity contribution in [3.05, 3.63) is 11.7 Å². The summed E-state index contributed by atoms with van der Waals surface area (Å²) in [4.78, 5) is 4.72. The molecule has 1 aromatic heterocycles. The molecule has 1 aliphatic carbocycles. The molecule has 3 rings (SSSR count). The summed E-state index contributed by atoms with van der Waals surface area (Å²) in [5.41, 5.74) is 0. The van der Waals surface area contributed by atoms with E-state index in [0.29, 0.717) is 5.92 Å². The van der Waals surface area contributed by atoms with E-state index in [4.69, 9.17) is 9.51 Å². The predicted molar refractivity (Wildman–Crippen MR) is 78.5 cm³/mol. The minimum absolute atomic E-state index is 0.272. The molecule has 1 aliphatic heterocycles. The van der Waals surface area contributed by atoms with Gasteiger partial charge in [-0.05, 0) is 38.1 Å². The normalized spacial score (nSPS) is 29.9. The van der Waals surface area contributed by atoms with Gasteiger partial charge in [0, 0.05) is 5.92 Å². The van der Waals surface area contributed by atoms with Crippen LogP contribution in [-0.2, 0) is 0 Å². The highest BCUT2D eigenvalue weighted by Gasteiger charge is 2.26. The van der Waals surface area contributed by atoms with E-state index in [0.717, 1.165) is 30.6 Å². The van der Waals surface area contributed by atoms with E-state index < -0.39 is 0 Å². The highest BCUT2D eigenvalue weighted by molar-refractivity contribution is 5.00. The summed E-state index contributed by atoms with van der Waals surface area (Å²) in [5.74, 6) is 3.04. The van der Waals surface area contributed by atoms with Gasteiger partial charge in [0.15, 0.2) is 5.82 Å². The van der Waals surface area contributed by atoms with Crippen molar-refractivity contribution in [3.63, 3.8) is 0 Å². The van der Waals surface area contributed by atoms with Gasteiger partial charge in [-0.1, -0.05) is 44.2 Å². The third kappa shape index (κ3) is 3.40. The second kappa shape index (κ2) is 6.70. The first-order chi connectivity index (χ1) is 9.83. The van der Waals surface area contributed by atoms with Gasteiger partial charge < -0.3 is 9.84 Å². The molecular weight excluding hydrogens is 250 g/mol. The van der Waals surface area contributed by atoms with Crippen molar-refractivity contribution in [1.29, 1.82) is 0 Å². The van der Waals surface area contributed by atoms with Crippen LogP contribution in [0.5, 0.6) is 0 Å². The lowest BCUT2D eigenvalue weighted by atomic mass is 9.90. The molecule has 2 heterocycles. The molecule has 2 unspecified atom stereocenters. The summed E-state index contributed by atoms with van der Waals surface area (Å²) in [6, 6.07) is 0.272. The van der Waals surface area contributed by atoms with E-state index in [9.17, 15) is 0 Å². The fraction of sp³-hybridized carbons (Fsp3) is 0.875. The molecule has 1 N–H and O–H groups in total. The van der Waals surface area contributed by atoms with Crippen LogP contribution in [0.3, 0.4) is 0 Å². The van der Waals surface area contributed by atoms with Crippen molar-refractivity contribution in [2.24, 2.45) is 5.92 Å². The molecule has 0 spiro atoms. The summed E-state index contributed by atoms with van der Waals surface area (Å²) in [7, 11) is 0. The fourth-order valence-corrected chi connectivity index (χ4v) is 3.56. The molecule has 1 aromatic rings. The monoisotopic (exact) mass is 277 g/mol. The molecule has 0 amide bonds. The van der Waals surface area contributed by atoms with Crippen LogP contribution in [-0.4, -0.2) is 16.7 Å². The van der Waals surface area contributed by atoms with Crippen molar-refractivity contribution in [3.8, 4) is 0 Å². The Bertz CT molecular complexity index is 410. The summed E-state index contributed by atoms with van der Waals surface area (Å²) >= 11 is 0. The largest absolute Gasteiger partial charge is 0.338 e. The highest BCUT2D eigenvalue weighted by Crippen LogP contribution is 2.31. The number of piperidine rings is 1. The molecule has 1 saturated heterocycles. The first-order valence-electron chi connectivity index (χ1n) is 8.40. The zero-order valence-electron chi connectivity index (χ0n) is 12.6. The zero-order chi connectivity index (χ0) is 13.8. The molecular formula is C16H27N3O. The van der Waals surface area contributed by atoms with Crippen molar-refractivity contribution in [2.45, 2.75) is 76.7 Å². The Kier molecular flexibility index (Phi) is 4.71. The van der Waals surface area contributed by atoms with Gasteiger partial charge in [0.25, 0.3) is 0 Å². The number of rotatable bonds is 2. The average molecular weight is 277 g/mol. The van der Waals surface area contributed by atoms with Crippen LogP contribution in [0.25, 0.3) is 0 Å². The first-order valence-corrected chi connectivity index (χ1v) is 8.40. The third-order valence-corrected chi connectivity index (χ3v) is 4.89. The molecule has 0 radical (unpaired) electrons. The Morgan fingerprint density at radius 2 is 1.80 bits per heavy atom. The van der Waals surface area contributed by atoms with Gasteiger partial charge in [0.05, 0.1) is 6.04 Å². The molecule has 0 bridgehead atoms. The lowest BCUT2D eigenvalue weighted by Gasteiger charge is -2.25. The van der Waals surface area contributed by atoms with Gasteiger partial charge in [-0.3, -0.25) is 0 Å². The zero-order valence-corrected chi connectivity index (χ0v) is 12.6. The number of hydrogen-bond acceptors (Lipinski definition) is 4. The second-order valence-electron chi connectivity index (χ2n) is 6.67. The summed E-state index contributed by atoms with van der Waals surface area (Å²) in [6.45, 7) is 3.37. The SMILES string of the molecule is CC1CCNC(c2nc(C3CCCCCCC3)no2)C1. The van der Waals surface area contributed by atoms with E-state index in [1.165, 1.54) is 51.4 Å². The lowest BCUT2D eigenvalue weighted by molar-refractivity contribution is 0.258. The van der Waals surface area contributed by atoms with Gasteiger partial charge in [-0.25, -0.2) is 0 Å². The number of hydrogen-bond donors (Lipinski definition) is 1. The molecule has 2 aliphatic rings. The van der Waals surface area contributed by atoms with Crippen molar-refractivity contribution < 1.29 is 4.52 Å². The maximum Gasteiger partial charge on any atom is 0.243 e. The Labute approximate surface area is 121 Å². The quantitative estimate of drug-likeness (QED) is 0.889. The predicted octanol–water partition coefficient (Wildman–Crippen LogP) is 3.96. The topological polar surface area (TPSA) is 51.0 Å². The molecule has 1 saturated carbocycles. The third-order valence-electron chi connectivity index (χ3n) is 4.89. The van der Waals surface area contributed by atoms with Crippen molar-refractivity contribution in [2.75, 3.05) is 6.54 Å². The van der Waals surface area contributed by atoms with E-state index in [2.05, 4.69) is 17.4 Å². The van der Waals surface area contributed by atoms with Crippen molar-refractivity contribution >= 4 is 0 Å². The fourth-order valence-electron chi connectivity index (χ4n) is 3.56. The summed E-state index contributed by atoms with van der Waals surface area (Å²) in [6.07, 6.45) is 11.6. The van der Waals surface area contributed by atoms with E-state index in [1.807, 2.05) is 0 Å². The first kappa shape index (κ1) is 14.1. The van der Waals surface area contributed by atoms with Gasteiger partial charge in [-0.15, -0.1) is 0 Å². The summed E-state index contributed by atoms with van der Waals surface area (Å²) in [5, 5.41) is 7.79. The van der Waals surface area contributed by atoms with Gasteiger partial charge in [0.2, 0.25) is 5.89 Å². The van der Waals surface area contributed by atoms with E-state index >= 15 is 0 Å². The lowest BCUT2D eigenvalue weighted by Crippen LogP contribution is -2.31. The summed E-state index contributed by atoms with van der Waals surface area (Å²) < 4.78 is 5.55. The molecule has 112 valence electrons. The van der Waals surface area contributed by atoms with Crippen LogP contribution in [0.15, 0.2) is 4.52 Å². The Morgan fingerprint density at radius 3 is 2.55 bits per heavy atom. The van der Waals surface area contributed by atoms with Crippen LogP contribution in [0.1, 0.15) is 88.4 Å². The van der Waals surface area contributed by atoms with E-state index in [-0.39, 0.29) is 6.04 Å². The van der Waals surface area contributed by atoms with Gasteiger partial charge >= 0.3 is 0 Å². The van der Waals surface area contributed by atoms with Gasteiger partial charge in [0.1, 0.15) is 0 Å². The van der Waals surface area contributed by atoms with E-state index in [1.54, 1.807) is 0 Å². The number of nitrogens with zero attached hydrogens (tertiary/aromatic N) is 2. The van der Waals surface area contributed by atoms with Crippen LogP contribution in [0, 0.1) is 5.92 Å². The number of nitrogens with one attached hydrogen (secondary N) is 1. The molecule has 20 heavy (non-hydrogen) atoms. The van der Waals surface area contributed by atoms with Crippen LogP contribution < -0.4 is 5.32 Å². The molecule has 4 nitrogen and oxygen atoms in total. The Morgan fingerprint density at radius 1 is 1.05 bits per heavy atom. The van der Waals surface area contributed by atoms with Crippen LogP contribution in [0.2, 0.25) is 0 Å². The number of aromatic nitrogens is 2. The second-order valence-corrected chi connectivity index (χ2v) is 6.67. The molecule has 0 aromatic carbocycles. The minimum Gasteiger partial charge on any atom is -0.338 e. The minimum atomic E-state index is 0.272. The van der Waals surface area contributed by atoms with Gasteiger partial charge in [-0.2, -0.15) is 4.98 Å². The standard InChI is InChI=1S/C16H27N3O/c1-12-9-10-17-14(11-12)16-18-15(19-20-16)13-7-5-3-2-4-6-8-13/h12-14,17H,2-11H2,1H3. The highest BCUT2D eigenvalue weighted by atomic mass is 16.5. The molecule has 2 fully saturated rings. The molecule has 4 heteroatoms. The Balaban J connectivity index is 1.65. The van der Waals surface area contributed by atoms with Crippen LogP contribution in [0.4, 0.5) is 0 Å². The molecule has 2 atom stereocenters. The van der Waals surface area contributed by atoms with Crippen molar-refractivity contribution in [1.82, 2.24) is 15.5 Å². The maximum absolute atomic E-state index is 5.55. The smallest absolute Gasteiger partial charge is 0.243 e. The van der Waals surface area contributed by atoms with Crippen LogP contribution >= 0.6 is 0 Å². The average Bonchev–Trinajstić information content (AvgIpc) is 2.88.